The average Bonchev–Trinajstić information content (AvgIpc) is 2.20. The molecule has 0 bridgehead atoms. The monoisotopic (exact) mass is 206 g/mol. The Labute approximate surface area is 90.7 Å². The summed E-state index contributed by atoms with van der Waals surface area (Å²) in [6.45, 7) is 6.59. The van der Waals surface area contributed by atoms with E-state index in [1.807, 2.05) is 26.8 Å². The molecule has 0 heterocycles. The van der Waals surface area contributed by atoms with Gasteiger partial charge >= 0.3 is 0 Å². The van der Waals surface area contributed by atoms with Crippen molar-refractivity contribution >= 4 is 11.6 Å². The molecule has 3 heteroatoms. The lowest BCUT2D eigenvalue weighted by Crippen LogP contribution is -2.25. The summed E-state index contributed by atoms with van der Waals surface area (Å²) < 4.78 is 0. The summed E-state index contributed by atoms with van der Waals surface area (Å²) in [5.74, 6) is -0.0407. The van der Waals surface area contributed by atoms with Crippen LogP contribution in [0.1, 0.15) is 34.8 Å². The van der Waals surface area contributed by atoms with E-state index in [1.165, 1.54) is 0 Å². The molecule has 1 amide bonds. The molecule has 1 aromatic carbocycles. The van der Waals surface area contributed by atoms with Gasteiger partial charge in [-0.2, -0.15) is 0 Å². The quantitative estimate of drug-likeness (QED) is 0.743. The second-order valence-corrected chi connectivity index (χ2v) is 3.78. The molecule has 0 aliphatic heterocycles. The van der Waals surface area contributed by atoms with Gasteiger partial charge in [0.15, 0.2) is 0 Å². The Kier molecular flexibility index (Phi) is 3.72. The van der Waals surface area contributed by atoms with Crippen LogP contribution in [0.5, 0.6) is 0 Å². The summed E-state index contributed by atoms with van der Waals surface area (Å²) in [6, 6.07) is 3.69. The minimum Gasteiger partial charge on any atom is -0.398 e. The lowest BCUT2D eigenvalue weighted by Gasteiger charge is -2.09. The highest BCUT2D eigenvalue weighted by Gasteiger charge is 2.09. The maximum absolute atomic E-state index is 11.7. The van der Waals surface area contributed by atoms with Crippen molar-refractivity contribution in [3.63, 3.8) is 0 Å². The maximum atomic E-state index is 11.7. The van der Waals surface area contributed by atoms with Crippen molar-refractivity contribution in [3.05, 3.63) is 28.8 Å². The van der Waals surface area contributed by atoms with Gasteiger partial charge in [-0.05, 0) is 37.5 Å². The molecule has 3 nitrogen and oxygen atoms in total. The van der Waals surface area contributed by atoms with E-state index in [-0.39, 0.29) is 5.91 Å². The number of hydrogen-bond acceptors (Lipinski definition) is 2. The van der Waals surface area contributed by atoms with E-state index in [1.54, 1.807) is 6.07 Å². The Morgan fingerprint density at radius 3 is 2.60 bits per heavy atom. The van der Waals surface area contributed by atoms with Crippen LogP contribution in [0.3, 0.4) is 0 Å². The van der Waals surface area contributed by atoms with Gasteiger partial charge in [-0.1, -0.05) is 13.0 Å². The van der Waals surface area contributed by atoms with Crippen LogP contribution in [0.15, 0.2) is 12.1 Å². The van der Waals surface area contributed by atoms with Crippen LogP contribution >= 0.6 is 0 Å². The fourth-order valence-corrected chi connectivity index (χ4v) is 1.45. The molecule has 3 N–H and O–H groups in total. The summed E-state index contributed by atoms with van der Waals surface area (Å²) in [7, 11) is 0. The fourth-order valence-electron chi connectivity index (χ4n) is 1.45. The number of carbonyl (C=O) groups excluding carboxylic acids is 1. The van der Waals surface area contributed by atoms with E-state index in [2.05, 4.69) is 5.32 Å². The predicted octanol–water partition coefficient (Wildman–Crippen LogP) is 2.03. The molecule has 0 saturated heterocycles. The first-order valence-corrected chi connectivity index (χ1v) is 5.21. The van der Waals surface area contributed by atoms with Crippen LogP contribution < -0.4 is 11.1 Å². The van der Waals surface area contributed by atoms with E-state index in [9.17, 15) is 4.79 Å². The van der Waals surface area contributed by atoms with Gasteiger partial charge in [0.25, 0.3) is 5.91 Å². The summed E-state index contributed by atoms with van der Waals surface area (Å²) in [6.07, 6.45) is 0.937. The fraction of sp³-hybridized carbons (Fsp3) is 0.417. The first kappa shape index (κ1) is 11.6. The largest absolute Gasteiger partial charge is 0.398 e. The number of hydrogen-bond donors (Lipinski definition) is 2. The summed E-state index contributed by atoms with van der Waals surface area (Å²) in [4.78, 5) is 11.7. The van der Waals surface area contributed by atoms with E-state index < -0.39 is 0 Å². The number of aryl methyl sites for hydroxylation is 2. The molecule has 15 heavy (non-hydrogen) atoms. The maximum Gasteiger partial charge on any atom is 0.251 e. The van der Waals surface area contributed by atoms with Crippen molar-refractivity contribution in [1.29, 1.82) is 0 Å². The van der Waals surface area contributed by atoms with E-state index in [0.717, 1.165) is 17.5 Å². The molecule has 1 aromatic rings. The van der Waals surface area contributed by atoms with Crippen LogP contribution in [0.25, 0.3) is 0 Å². The van der Waals surface area contributed by atoms with E-state index >= 15 is 0 Å². The van der Waals surface area contributed by atoms with Crippen molar-refractivity contribution in [2.75, 3.05) is 12.3 Å². The third kappa shape index (κ3) is 2.72. The zero-order valence-electron chi connectivity index (χ0n) is 9.55. The number of amides is 1. The molecule has 0 unspecified atom stereocenters. The van der Waals surface area contributed by atoms with Gasteiger partial charge in [0.2, 0.25) is 0 Å². The first-order valence-electron chi connectivity index (χ1n) is 5.21. The van der Waals surface area contributed by atoms with Gasteiger partial charge < -0.3 is 11.1 Å². The van der Waals surface area contributed by atoms with Crippen molar-refractivity contribution in [2.45, 2.75) is 27.2 Å². The number of nitrogen functional groups attached to an aromatic ring is 1. The van der Waals surface area contributed by atoms with Crippen LogP contribution in [0.2, 0.25) is 0 Å². The highest BCUT2D eigenvalue weighted by molar-refractivity contribution is 5.96. The standard InChI is InChI=1S/C12H18N2O/c1-4-5-14-12(15)10-7-11(13)9(3)6-8(10)2/h6-7H,4-5,13H2,1-3H3,(H,14,15). The molecule has 0 aromatic heterocycles. The molecular weight excluding hydrogens is 188 g/mol. The smallest absolute Gasteiger partial charge is 0.251 e. The van der Waals surface area contributed by atoms with Crippen LogP contribution in [0.4, 0.5) is 5.69 Å². The van der Waals surface area contributed by atoms with Gasteiger partial charge in [0, 0.05) is 17.8 Å². The normalized spacial score (nSPS) is 10.1. The summed E-state index contributed by atoms with van der Waals surface area (Å²) in [5.41, 5.74) is 9.10. The first-order chi connectivity index (χ1) is 7.06. The van der Waals surface area contributed by atoms with Gasteiger partial charge in [-0.15, -0.1) is 0 Å². The van der Waals surface area contributed by atoms with Gasteiger partial charge in [0.05, 0.1) is 0 Å². The highest BCUT2D eigenvalue weighted by atomic mass is 16.1. The van der Waals surface area contributed by atoms with Crippen molar-refractivity contribution < 1.29 is 4.79 Å². The molecule has 82 valence electrons. The third-order valence-electron chi connectivity index (χ3n) is 2.39. The van der Waals surface area contributed by atoms with E-state index in [0.29, 0.717) is 17.8 Å². The Morgan fingerprint density at radius 1 is 1.33 bits per heavy atom. The Bertz CT molecular complexity index is 372. The average molecular weight is 206 g/mol. The zero-order valence-corrected chi connectivity index (χ0v) is 9.55. The lowest BCUT2D eigenvalue weighted by atomic mass is 10.0. The number of anilines is 1. The van der Waals surface area contributed by atoms with Crippen molar-refractivity contribution in [2.24, 2.45) is 0 Å². The Balaban J connectivity index is 2.94. The van der Waals surface area contributed by atoms with Crippen molar-refractivity contribution in [3.8, 4) is 0 Å². The molecule has 0 radical (unpaired) electrons. The number of carbonyl (C=O) groups is 1. The molecule has 0 fully saturated rings. The second-order valence-electron chi connectivity index (χ2n) is 3.78. The molecule has 0 aliphatic carbocycles. The topological polar surface area (TPSA) is 55.1 Å². The minimum atomic E-state index is -0.0407. The lowest BCUT2D eigenvalue weighted by molar-refractivity contribution is 0.0953. The van der Waals surface area contributed by atoms with Crippen LogP contribution in [-0.4, -0.2) is 12.5 Å². The van der Waals surface area contributed by atoms with Gasteiger partial charge in [0.1, 0.15) is 0 Å². The minimum absolute atomic E-state index is 0.0407. The number of nitrogens with two attached hydrogens (primary N) is 1. The van der Waals surface area contributed by atoms with Gasteiger partial charge in [-0.25, -0.2) is 0 Å². The molecule has 0 atom stereocenters. The Hall–Kier alpha value is -1.51. The molecule has 1 rings (SSSR count). The number of benzene rings is 1. The molecule has 0 saturated carbocycles. The second kappa shape index (κ2) is 4.82. The molecule has 0 spiro atoms. The molecular formula is C12H18N2O. The predicted molar refractivity (Wildman–Crippen MR) is 63.0 cm³/mol. The van der Waals surface area contributed by atoms with Gasteiger partial charge in [-0.3, -0.25) is 4.79 Å². The van der Waals surface area contributed by atoms with E-state index in [4.69, 9.17) is 5.73 Å². The SMILES string of the molecule is CCCNC(=O)c1cc(N)c(C)cc1C. The van der Waals surface area contributed by atoms with Crippen molar-refractivity contribution in [1.82, 2.24) is 5.32 Å². The highest BCUT2D eigenvalue weighted by Crippen LogP contribution is 2.17. The van der Waals surface area contributed by atoms with Crippen LogP contribution in [-0.2, 0) is 0 Å². The number of rotatable bonds is 3. The Morgan fingerprint density at radius 2 is 2.00 bits per heavy atom. The third-order valence-corrected chi connectivity index (χ3v) is 2.39. The summed E-state index contributed by atoms with van der Waals surface area (Å²) in [5, 5.41) is 2.84. The van der Waals surface area contributed by atoms with Crippen LogP contribution in [0, 0.1) is 13.8 Å². The zero-order chi connectivity index (χ0) is 11.4. The summed E-state index contributed by atoms with van der Waals surface area (Å²) >= 11 is 0. The number of nitrogens with one attached hydrogen (secondary N) is 1. The molecule has 0 aliphatic rings.